The molecule has 0 spiro atoms. The predicted molar refractivity (Wildman–Crippen MR) is 132 cm³/mol. The maximum Gasteiger partial charge on any atom is 0.261 e. The zero-order valence-corrected chi connectivity index (χ0v) is 20.4. The Labute approximate surface area is 205 Å². The highest BCUT2D eigenvalue weighted by Gasteiger charge is 2.42. The molecule has 0 saturated carbocycles. The second-order valence-electron chi connectivity index (χ2n) is 10.7. The summed E-state index contributed by atoms with van der Waals surface area (Å²) in [6.07, 6.45) is 4.12. The fraction of sp³-hybridized carbons (Fsp3) is 0.577. The summed E-state index contributed by atoms with van der Waals surface area (Å²) < 4.78 is 18.1. The van der Waals surface area contributed by atoms with Gasteiger partial charge < -0.3 is 29.7 Å². The normalized spacial score (nSPS) is 26.3. The van der Waals surface area contributed by atoms with Crippen molar-refractivity contribution in [3.05, 3.63) is 29.8 Å². The summed E-state index contributed by atoms with van der Waals surface area (Å²) in [5.41, 5.74) is 7.85. The third kappa shape index (κ3) is 4.31. The third-order valence-electron chi connectivity index (χ3n) is 7.40. The van der Waals surface area contributed by atoms with E-state index in [1.54, 1.807) is 0 Å². The number of amides is 1. The van der Waals surface area contributed by atoms with Crippen molar-refractivity contribution < 1.29 is 19.0 Å². The molecule has 0 aliphatic carbocycles. The molecule has 9 heteroatoms. The molecule has 2 bridgehead atoms. The molecule has 4 aliphatic rings. The highest BCUT2D eigenvalue weighted by Crippen LogP contribution is 2.38. The Morgan fingerprint density at radius 1 is 1.00 bits per heavy atom. The lowest BCUT2D eigenvalue weighted by Crippen LogP contribution is -2.49. The van der Waals surface area contributed by atoms with E-state index in [2.05, 4.69) is 4.90 Å². The zero-order valence-electron chi connectivity index (χ0n) is 20.4. The maximum atomic E-state index is 14.2. The molecule has 9 nitrogen and oxygen atoms in total. The fourth-order valence-corrected chi connectivity index (χ4v) is 5.68. The molecule has 186 valence electrons. The molecule has 6 rings (SSSR count). The van der Waals surface area contributed by atoms with Gasteiger partial charge in [-0.2, -0.15) is 4.98 Å². The summed E-state index contributed by atoms with van der Waals surface area (Å²) in [4.78, 5) is 28.1. The molecule has 2 atom stereocenters. The molecule has 35 heavy (non-hydrogen) atoms. The van der Waals surface area contributed by atoms with Crippen molar-refractivity contribution in [1.29, 1.82) is 0 Å². The minimum atomic E-state index is -0.604. The first-order chi connectivity index (χ1) is 16.9. The van der Waals surface area contributed by atoms with Crippen LogP contribution in [0.25, 0.3) is 11.3 Å². The van der Waals surface area contributed by atoms with Gasteiger partial charge in [-0.25, -0.2) is 4.98 Å². The van der Waals surface area contributed by atoms with E-state index in [1.807, 2.05) is 43.0 Å². The van der Waals surface area contributed by atoms with E-state index in [0.29, 0.717) is 48.5 Å². The number of anilines is 2. The Kier molecular flexibility index (Phi) is 5.56. The second kappa shape index (κ2) is 8.64. The highest BCUT2D eigenvalue weighted by atomic mass is 16.5. The van der Waals surface area contributed by atoms with Crippen LogP contribution in [0.4, 0.5) is 11.6 Å². The van der Waals surface area contributed by atoms with Gasteiger partial charge in [0.2, 0.25) is 11.8 Å². The number of carbonyl (C=O) groups excluding carboxylic acids is 1. The lowest BCUT2D eigenvalue weighted by molar-refractivity contribution is 0.00668. The van der Waals surface area contributed by atoms with Crippen molar-refractivity contribution in [3.63, 3.8) is 0 Å². The number of fused-ring (bicyclic) bond motifs is 3. The summed E-state index contributed by atoms with van der Waals surface area (Å²) in [6.45, 7) is 7.29. The molecule has 1 aromatic heterocycles. The molecule has 3 fully saturated rings. The molecular weight excluding hydrogens is 446 g/mol. The van der Waals surface area contributed by atoms with Gasteiger partial charge in [-0.05, 0) is 51.7 Å². The first-order valence-electron chi connectivity index (χ1n) is 12.6. The summed E-state index contributed by atoms with van der Waals surface area (Å²) in [7, 11) is 0. The fourth-order valence-electron chi connectivity index (χ4n) is 5.68. The number of benzene rings is 1. The molecule has 2 aromatic rings. The van der Waals surface area contributed by atoms with E-state index in [4.69, 9.17) is 29.9 Å². The van der Waals surface area contributed by atoms with Crippen LogP contribution in [0.5, 0.6) is 5.88 Å². The second-order valence-corrected chi connectivity index (χ2v) is 10.7. The van der Waals surface area contributed by atoms with Gasteiger partial charge in [-0.15, -0.1) is 0 Å². The summed E-state index contributed by atoms with van der Waals surface area (Å²) >= 11 is 0. The number of nitrogen functional groups attached to an aromatic ring is 1. The third-order valence-corrected chi connectivity index (χ3v) is 7.40. The number of carbonyl (C=O) groups is 1. The molecule has 3 saturated heterocycles. The van der Waals surface area contributed by atoms with Gasteiger partial charge in [0.15, 0.2) is 0 Å². The van der Waals surface area contributed by atoms with Crippen LogP contribution in [0, 0.1) is 0 Å². The first-order valence-corrected chi connectivity index (χ1v) is 12.6. The Morgan fingerprint density at radius 2 is 1.69 bits per heavy atom. The average Bonchev–Trinajstić information content (AvgIpc) is 3.14. The Bertz CT molecular complexity index is 1100. The smallest absolute Gasteiger partial charge is 0.261 e. The van der Waals surface area contributed by atoms with Crippen molar-refractivity contribution >= 4 is 17.5 Å². The average molecular weight is 480 g/mol. The van der Waals surface area contributed by atoms with Crippen molar-refractivity contribution in [3.8, 4) is 17.1 Å². The van der Waals surface area contributed by atoms with Crippen LogP contribution in [0.1, 0.15) is 49.9 Å². The molecule has 2 N–H and O–H groups in total. The molecule has 5 heterocycles. The van der Waals surface area contributed by atoms with Crippen LogP contribution in [-0.2, 0) is 9.47 Å². The lowest BCUT2D eigenvalue weighted by Gasteiger charge is -2.36. The van der Waals surface area contributed by atoms with E-state index in [0.717, 1.165) is 44.3 Å². The SMILES string of the molecule is CC1(C)CN(C2CCOCC2)C(=O)c2c(nc(N3CC4CCC(C3)O4)nc2-c2ccc(N)cc2)O1. The number of hydrogen-bond donors (Lipinski definition) is 1. The topological polar surface area (TPSA) is 103 Å². The van der Waals surface area contributed by atoms with Crippen molar-refractivity contribution in [2.75, 3.05) is 43.5 Å². The van der Waals surface area contributed by atoms with E-state index in [-0.39, 0.29) is 24.2 Å². The lowest BCUT2D eigenvalue weighted by atomic mass is 10.0. The minimum Gasteiger partial charge on any atom is -0.469 e. The Balaban J connectivity index is 1.48. The van der Waals surface area contributed by atoms with Gasteiger partial charge in [0.05, 0.1) is 24.4 Å². The Hall–Kier alpha value is -2.91. The summed E-state index contributed by atoms with van der Waals surface area (Å²) in [6, 6.07) is 7.58. The first kappa shape index (κ1) is 22.5. The standard InChI is InChI=1S/C26H33N5O4/c1-26(2)15-31(18-9-11-33-12-10-18)24(32)21-22(16-3-5-17(27)6-4-16)28-25(29-23(21)35-26)30-13-19-7-8-20(14-30)34-19/h3-6,18-20H,7-15,27H2,1-2H3. The van der Waals surface area contributed by atoms with E-state index in [9.17, 15) is 4.79 Å². The van der Waals surface area contributed by atoms with Crippen LogP contribution >= 0.6 is 0 Å². The number of ether oxygens (including phenoxy) is 3. The summed E-state index contributed by atoms with van der Waals surface area (Å²) in [5, 5.41) is 0. The zero-order chi connectivity index (χ0) is 24.2. The Morgan fingerprint density at radius 3 is 2.37 bits per heavy atom. The van der Waals surface area contributed by atoms with E-state index in [1.165, 1.54) is 0 Å². The molecule has 0 radical (unpaired) electrons. The van der Waals surface area contributed by atoms with Crippen molar-refractivity contribution in [2.45, 2.75) is 63.4 Å². The quantitative estimate of drug-likeness (QED) is 0.671. The van der Waals surface area contributed by atoms with Gasteiger partial charge >= 0.3 is 0 Å². The number of nitrogens with two attached hydrogens (primary N) is 1. The molecule has 1 aromatic carbocycles. The van der Waals surface area contributed by atoms with Gasteiger partial charge in [-0.3, -0.25) is 4.79 Å². The molecule has 4 aliphatic heterocycles. The number of hydrogen-bond acceptors (Lipinski definition) is 8. The number of aromatic nitrogens is 2. The molecule has 2 unspecified atom stereocenters. The van der Waals surface area contributed by atoms with Crippen LogP contribution in [0.3, 0.4) is 0 Å². The van der Waals surface area contributed by atoms with Gasteiger partial charge in [-0.1, -0.05) is 12.1 Å². The monoisotopic (exact) mass is 479 g/mol. The molecule has 1 amide bonds. The predicted octanol–water partition coefficient (Wildman–Crippen LogP) is 2.89. The molecular formula is C26H33N5O4. The van der Waals surface area contributed by atoms with Crippen molar-refractivity contribution in [2.24, 2.45) is 0 Å². The number of rotatable bonds is 3. The van der Waals surface area contributed by atoms with Crippen LogP contribution in [-0.4, -0.2) is 77.5 Å². The van der Waals surface area contributed by atoms with E-state index >= 15 is 0 Å². The minimum absolute atomic E-state index is 0.0853. The number of morpholine rings is 1. The number of nitrogens with zero attached hydrogens (tertiary/aromatic N) is 4. The highest BCUT2D eigenvalue weighted by molar-refractivity contribution is 6.03. The van der Waals surface area contributed by atoms with E-state index < -0.39 is 5.60 Å². The summed E-state index contributed by atoms with van der Waals surface area (Å²) in [5.74, 6) is 0.849. The maximum absolute atomic E-state index is 14.2. The van der Waals surface area contributed by atoms with Crippen LogP contribution in [0.15, 0.2) is 24.3 Å². The van der Waals surface area contributed by atoms with Crippen LogP contribution in [0.2, 0.25) is 0 Å². The largest absolute Gasteiger partial charge is 0.469 e. The van der Waals surface area contributed by atoms with Crippen LogP contribution < -0.4 is 15.4 Å². The van der Waals surface area contributed by atoms with Crippen molar-refractivity contribution in [1.82, 2.24) is 14.9 Å². The van der Waals surface area contributed by atoms with Gasteiger partial charge in [0.25, 0.3) is 5.91 Å². The van der Waals surface area contributed by atoms with Gasteiger partial charge in [0.1, 0.15) is 11.2 Å². The van der Waals surface area contributed by atoms with Gasteiger partial charge in [0, 0.05) is 43.6 Å².